The molecule has 3 rings (SSSR count). The van der Waals surface area contributed by atoms with Crippen LogP contribution in [0.15, 0.2) is 12.1 Å². The first kappa shape index (κ1) is 6.48. The van der Waals surface area contributed by atoms with E-state index in [1.807, 2.05) is 0 Å². The maximum atomic E-state index is 11.5. The zero-order valence-corrected chi connectivity index (χ0v) is 13.7. The molecule has 2 aliphatic rings. The van der Waals surface area contributed by atoms with Gasteiger partial charge in [-0.15, -0.1) is 0 Å². The third-order valence-electron chi connectivity index (χ3n) is 3.78. The van der Waals surface area contributed by atoms with Gasteiger partial charge in [-0.05, 0) is 53.7 Å². The van der Waals surface area contributed by atoms with E-state index in [-0.39, 0.29) is 35.1 Å². The Hall–Kier alpha value is -1.26. The summed E-state index contributed by atoms with van der Waals surface area (Å²) in [7, 11) is 2.35. The molecule has 3 unspecified atom stereocenters. The van der Waals surface area contributed by atoms with Crippen LogP contribution in [-0.2, 0) is 6.42 Å². The smallest absolute Gasteiger partial charge is 0.161 e. The number of hydrogen-bond donors (Lipinski definition) is 1. The molecule has 3 atom stereocenters. The molecule has 24 heavy (non-hydrogen) atoms. The highest BCUT2D eigenvalue weighted by Crippen LogP contribution is 2.44. The summed E-state index contributed by atoms with van der Waals surface area (Å²) in [5.74, 6) is -4.60. The normalized spacial score (nSPS) is 49.1. The van der Waals surface area contributed by atoms with E-state index in [0.29, 0.717) is 11.8 Å². The Labute approximate surface area is 168 Å². The average molecular weight is 350 g/mol. The van der Waals surface area contributed by atoms with Gasteiger partial charge >= 0.3 is 0 Å². The van der Waals surface area contributed by atoms with Crippen LogP contribution in [-0.4, -0.2) is 43.3 Å². The number of ether oxygens (including phenoxy) is 2. The summed E-state index contributed by atoms with van der Waals surface area (Å²) >= 11 is 0. The molecule has 0 amide bonds. The zero-order valence-electron chi connectivity index (χ0n) is 29.7. The first-order valence-electron chi connectivity index (χ1n) is 15.4. The number of methoxy groups -OCH3 is 2. The van der Waals surface area contributed by atoms with Crippen LogP contribution in [0.5, 0.6) is 11.5 Å². The summed E-state index contributed by atoms with van der Waals surface area (Å²) in [6.45, 7) is -11.2. The molecule has 0 bridgehead atoms. The lowest BCUT2D eigenvalue weighted by molar-refractivity contribution is -0.0259. The minimum absolute atomic E-state index is 0.00897. The lowest BCUT2D eigenvalue weighted by Gasteiger charge is -2.47. The summed E-state index contributed by atoms with van der Waals surface area (Å²) in [5, 5.41) is 11.5. The van der Waals surface area contributed by atoms with Crippen molar-refractivity contribution < 1.29 is 36.5 Å². The van der Waals surface area contributed by atoms with Gasteiger partial charge in [0, 0.05) is 36.9 Å². The van der Waals surface area contributed by atoms with Crippen molar-refractivity contribution in [3.8, 4) is 11.5 Å². The van der Waals surface area contributed by atoms with Gasteiger partial charge in [-0.1, -0.05) is 20.6 Å². The van der Waals surface area contributed by atoms with Crippen LogP contribution >= 0.6 is 0 Å². The van der Waals surface area contributed by atoms with E-state index in [9.17, 15) is 5.11 Å². The first-order valence-corrected chi connectivity index (χ1v) is 7.43. The molecule has 1 saturated heterocycles. The molecule has 1 N–H and O–H groups in total. The predicted molar refractivity (Wildman–Crippen MR) is 95.7 cm³/mol. The molecule has 1 fully saturated rings. The van der Waals surface area contributed by atoms with Gasteiger partial charge in [-0.3, -0.25) is 4.90 Å². The van der Waals surface area contributed by atoms with Crippen molar-refractivity contribution in [2.45, 2.75) is 51.9 Å². The quantitative estimate of drug-likeness (QED) is 0.908. The highest BCUT2D eigenvalue weighted by Gasteiger charge is 2.39. The number of piperidine rings is 1. The number of aliphatic hydroxyl groups is 1. The van der Waals surface area contributed by atoms with Gasteiger partial charge in [0.1, 0.15) is 0 Å². The molecular formula is C20H31NO3. The van der Waals surface area contributed by atoms with E-state index < -0.39 is 69.0 Å². The summed E-state index contributed by atoms with van der Waals surface area (Å²) in [4.78, 5) is 0.589. The Balaban J connectivity index is 2.47. The Morgan fingerprint density at radius 3 is 2.83 bits per heavy atom. The second-order valence-electron chi connectivity index (χ2n) is 5.78. The van der Waals surface area contributed by atoms with E-state index in [1.165, 1.54) is 7.11 Å². The van der Waals surface area contributed by atoms with E-state index >= 15 is 0 Å². The molecule has 1 aromatic carbocycles. The zero-order chi connectivity index (χ0) is 31.4. The van der Waals surface area contributed by atoms with Crippen molar-refractivity contribution in [2.75, 3.05) is 27.3 Å². The molecule has 1 aromatic rings. The molecule has 0 aromatic heterocycles. The minimum atomic E-state index is -4.16. The van der Waals surface area contributed by atoms with Crippen molar-refractivity contribution in [3.05, 3.63) is 23.2 Å². The molecule has 4 heteroatoms. The van der Waals surface area contributed by atoms with Gasteiger partial charge < -0.3 is 14.6 Å². The standard InChI is InChI=1S/C20H31NO3/c1-20(2,3)11-14-12-21-7-6-13-8-18(23-4)19(24-5)9-15(13)16(21)10-17(14)22/h8-9,14,16-17,22H,6-7,10-12H2,1-5H3/i1D3,2D3,8D,9D,10D2,11D2,12D2,14D,17D. The molecule has 4 nitrogen and oxygen atoms in total. The number of benzene rings is 1. The maximum Gasteiger partial charge on any atom is 0.161 e. The largest absolute Gasteiger partial charge is 0.493 e. The highest BCUT2D eigenvalue weighted by atomic mass is 16.5. The third kappa shape index (κ3) is 3.40. The van der Waals surface area contributed by atoms with Crippen molar-refractivity contribution in [1.29, 1.82) is 0 Å². The van der Waals surface area contributed by atoms with Crippen LogP contribution in [0.2, 0.25) is 0 Å². The van der Waals surface area contributed by atoms with E-state index in [4.69, 9.17) is 31.4 Å². The van der Waals surface area contributed by atoms with Gasteiger partial charge in [-0.25, -0.2) is 0 Å². The predicted octanol–water partition coefficient (Wildman–Crippen LogP) is 3.42. The Bertz CT molecular complexity index is 1180. The number of nitrogens with zero attached hydrogens (tertiary/aromatic N) is 1. The van der Waals surface area contributed by atoms with Crippen LogP contribution in [0, 0.1) is 11.3 Å². The monoisotopic (exact) mass is 349 g/mol. The number of rotatable bonds is 3. The molecule has 0 aliphatic carbocycles. The van der Waals surface area contributed by atoms with Crippen LogP contribution in [0.4, 0.5) is 0 Å². The van der Waals surface area contributed by atoms with Gasteiger partial charge in [0.2, 0.25) is 0 Å². The molecule has 0 saturated carbocycles. The van der Waals surface area contributed by atoms with Gasteiger partial charge in [0.05, 0.1) is 24.4 Å². The topological polar surface area (TPSA) is 41.9 Å². The van der Waals surface area contributed by atoms with Crippen LogP contribution in [0.25, 0.3) is 0 Å². The maximum absolute atomic E-state index is 11.5. The molecule has 2 heterocycles. The van der Waals surface area contributed by atoms with Crippen LogP contribution in [0.3, 0.4) is 0 Å². The minimum Gasteiger partial charge on any atom is -0.493 e. The fourth-order valence-electron chi connectivity index (χ4n) is 2.76. The fraction of sp³-hybridized carbons (Fsp3) is 0.700. The van der Waals surface area contributed by atoms with Crippen LogP contribution < -0.4 is 9.47 Å². The van der Waals surface area contributed by atoms with Gasteiger partial charge in [-0.2, -0.15) is 0 Å². The van der Waals surface area contributed by atoms with E-state index in [0.717, 1.165) is 7.11 Å². The average Bonchev–Trinajstić information content (AvgIpc) is 2.81. The summed E-state index contributed by atoms with van der Waals surface area (Å²) in [5.41, 5.74) is -3.93. The second kappa shape index (κ2) is 6.57. The Morgan fingerprint density at radius 1 is 1.46 bits per heavy atom. The summed E-state index contributed by atoms with van der Waals surface area (Å²) in [6, 6.07) is -2.97. The number of fused-ring (bicyclic) bond motifs is 3. The second-order valence-corrected chi connectivity index (χ2v) is 5.78. The lowest BCUT2D eigenvalue weighted by Crippen LogP contribution is -2.48. The number of hydrogen-bond acceptors (Lipinski definition) is 4. The van der Waals surface area contributed by atoms with Crippen molar-refractivity contribution in [1.82, 2.24) is 4.90 Å². The molecule has 0 spiro atoms. The Morgan fingerprint density at radius 2 is 2.17 bits per heavy atom. The third-order valence-corrected chi connectivity index (χ3v) is 3.78. The van der Waals surface area contributed by atoms with E-state index in [1.54, 1.807) is 0 Å². The Kier molecular flexibility index (Phi) is 1.77. The molecular weight excluding hydrogens is 302 g/mol. The van der Waals surface area contributed by atoms with Crippen molar-refractivity contribution >= 4 is 0 Å². The van der Waals surface area contributed by atoms with Gasteiger partial charge in [0.25, 0.3) is 0 Å². The van der Waals surface area contributed by atoms with Crippen LogP contribution in [0.1, 0.15) is 72.5 Å². The SMILES string of the molecule is [2H]c1c2c(c([2H])c(OC)c1OC)C1N(CC2)C([2H])([2H])C([2H])(C([2H])([2H])C(C)(C([2H])([2H])[2H])C([2H])([2H])[2H])C([2H])(O)C1([2H])[2H]. The summed E-state index contributed by atoms with van der Waals surface area (Å²) in [6.07, 6.45) is -12.1. The van der Waals surface area contributed by atoms with E-state index in [2.05, 4.69) is 0 Å². The van der Waals surface area contributed by atoms with Crippen molar-refractivity contribution in [3.63, 3.8) is 0 Å². The van der Waals surface area contributed by atoms with Crippen molar-refractivity contribution in [2.24, 2.45) is 11.3 Å². The lowest BCUT2D eigenvalue weighted by atomic mass is 9.75. The first-order chi connectivity index (χ1) is 17.7. The summed E-state index contributed by atoms with van der Waals surface area (Å²) < 4.78 is 146. The van der Waals surface area contributed by atoms with Gasteiger partial charge in [0.15, 0.2) is 11.5 Å². The highest BCUT2D eigenvalue weighted by molar-refractivity contribution is 5.49. The molecule has 2 aliphatic heterocycles. The molecule has 0 radical (unpaired) electrons. The fourth-order valence-corrected chi connectivity index (χ4v) is 2.76. The molecule has 134 valence electrons.